The molecule has 1 atom stereocenters. The number of hydrogen-bond acceptors (Lipinski definition) is 3. The Morgan fingerprint density at radius 3 is 2.87 bits per heavy atom. The molecule has 0 aliphatic rings. The minimum atomic E-state index is -0.192. The van der Waals surface area contributed by atoms with Gasteiger partial charge in [-0.25, -0.2) is 0 Å². The van der Waals surface area contributed by atoms with Crippen LogP contribution in [0.3, 0.4) is 0 Å². The van der Waals surface area contributed by atoms with Gasteiger partial charge in [0.05, 0.1) is 18.1 Å². The van der Waals surface area contributed by atoms with E-state index >= 15 is 0 Å². The van der Waals surface area contributed by atoms with E-state index in [2.05, 4.69) is 6.92 Å². The molecule has 0 aliphatic carbocycles. The van der Waals surface area contributed by atoms with E-state index in [0.29, 0.717) is 5.02 Å². The molecular weight excluding hydrogens is 232 g/mol. The zero-order valence-electron chi connectivity index (χ0n) is 8.96. The van der Waals surface area contributed by atoms with Crippen LogP contribution in [0.4, 0.5) is 0 Å². The smallest absolute Gasteiger partial charge is 0.314 e. The van der Waals surface area contributed by atoms with E-state index in [1.807, 2.05) is 11.4 Å². The molecule has 0 aliphatic heterocycles. The lowest BCUT2D eigenvalue weighted by molar-refractivity contribution is -0.142. The van der Waals surface area contributed by atoms with Crippen molar-refractivity contribution in [2.75, 3.05) is 7.11 Å². The summed E-state index contributed by atoms with van der Waals surface area (Å²) < 4.78 is 4.80. The Balaban J connectivity index is 2.81. The third-order valence-corrected chi connectivity index (χ3v) is 3.77. The number of hydrogen-bond donors (Lipinski definition) is 0. The van der Waals surface area contributed by atoms with Crippen molar-refractivity contribution in [2.24, 2.45) is 0 Å². The number of rotatable bonds is 5. The Morgan fingerprint density at radius 1 is 1.67 bits per heavy atom. The highest BCUT2D eigenvalue weighted by molar-refractivity contribution is 7.10. The largest absolute Gasteiger partial charge is 0.469 e. The number of esters is 1. The van der Waals surface area contributed by atoms with Gasteiger partial charge in [-0.1, -0.05) is 31.4 Å². The second-order valence-corrected chi connectivity index (χ2v) is 4.71. The summed E-state index contributed by atoms with van der Waals surface area (Å²) in [6, 6.07) is 1.82. The first-order chi connectivity index (χ1) is 7.20. The van der Waals surface area contributed by atoms with Gasteiger partial charge in [-0.3, -0.25) is 4.79 Å². The van der Waals surface area contributed by atoms with Crippen LogP contribution in [-0.4, -0.2) is 13.1 Å². The molecule has 0 bridgehead atoms. The summed E-state index contributed by atoms with van der Waals surface area (Å²) in [4.78, 5) is 12.5. The summed E-state index contributed by atoms with van der Waals surface area (Å²) in [6.07, 6.45) is 2.88. The summed E-state index contributed by atoms with van der Waals surface area (Å²) >= 11 is 7.54. The number of carbonyl (C=O) groups excluding carboxylic acids is 1. The zero-order chi connectivity index (χ0) is 11.3. The molecule has 0 radical (unpaired) electrons. The van der Waals surface area contributed by atoms with Crippen molar-refractivity contribution in [2.45, 2.75) is 32.1 Å². The van der Waals surface area contributed by atoms with Crippen LogP contribution in [-0.2, 0) is 9.53 Å². The van der Waals surface area contributed by atoms with E-state index in [0.717, 1.165) is 24.1 Å². The minimum absolute atomic E-state index is 0.187. The van der Waals surface area contributed by atoms with Crippen molar-refractivity contribution in [3.05, 3.63) is 21.3 Å². The number of ether oxygens (including phenoxy) is 1. The van der Waals surface area contributed by atoms with Gasteiger partial charge in [0, 0.05) is 4.88 Å². The second-order valence-electron chi connectivity index (χ2n) is 3.35. The molecule has 1 aromatic rings. The average molecular weight is 247 g/mol. The molecule has 1 unspecified atom stereocenters. The van der Waals surface area contributed by atoms with Gasteiger partial charge in [0.1, 0.15) is 0 Å². The van der Waals surface area contributed by atoms with Crippen molar-refractivity contribution in [1.82, 2.24) is 0 Å². The van der Waals surface area contributed by atoms with Gasteiger partial charge in [-0.05, 0) is 17.9 Å². The fourth-order valence-electron chi connectivity index (χ4n) is 1.46. The van der Waals surface area contributed by atoms with Gasteiger partial charge in [-0.2, -0.15) is 0 Å². The quantitative estimate of drug-likeness (QED) is 0.738. The van der Waals surface area contributed by atoms with Crippen molar-refractivity contribution in [3.63, 3.8) is 0 Å². The van der Waals surface area contributed by atoms with Crippen molar-refractivity contribution >= 4 is 28.9 Å². The molecule has 84 valence electrons. The van der Waals surface area contributed by atoms with Crippen LogP contribution in [0.15, 0.2) is 11.4 Å². The summed E-state index contributed by atoms with van der Waals surface area (Å²) in [5.41, 5.74) is 0. The predicted molar refractivity (Wildman–Crippen MR) is 63.6 cm³/mol. The third-order valence-electron chi connectivity index (χ3n) is 2.29. The second kappa shape index (κ2) is 6.13. The van der Waals surface area contributed by atoms with Gasteiger partial charge in [-0.15, -0.1) is 11.3 Å². The Kier molecular flexibility index (Phi) is 5.12. The zero-order valence-corrected chi connectivity index (χ0v) is 10.5. The van der Waals surface area contributed by atoms with Gasteiger partial charge in [0.15, 0.2) is 0 Å². The first-order valence-electron chi connectivity index (χ1n) is 5.01. The van der Waals surface area contributed by atoms with Crippen LogP contribution in [0.25, 0.3) is 0 Å². The number of methoxy groups -OCH3 is 1. The lowest BCUT2D eigenvalue weighted by Crippen LogP contribution is -2.13. The van der Waals surface area contributed by atoms with Crippen molar-refractivity contribution in [1.29, 1.82) is 0 Å². The maximum Gasteiger partial charge on any atom is 0.314 e. The first-order valence-corrected chi connectivity index (χ1v) is 6.27. The lowest BCUT2D eigenvalue weighted by atomic mass is 10.0. The van der Waals surface area contributed by atoms with Crippen LogP contribution < -0.4 is 0 Å². The number of carbonyl (C=O) groups is 1. The summed E-state index contributed by atoms with van der Waals surface area (Å²) in [5.74, 6) is -0.379. The molecule has 0 saturated heterocycles. The van der Waals surface area contributed by atoms with Crippen LogP contribution in [0.1, 0.15) is 37.0 Å². The molecule has 0 spiro atoms. The lowest BCUT2D eigenvalue weighted by Gasteiger charge is -2.12. The molecule has 0 saturated carbocycles. The van der Waals surface area contributed by atoms with E-state index in [1.165, 1.54) is 18.4 Å². The van der Waals surface area contributed by atoms with Crippen LogP contribution in [0.2, 0.25) is 5.02 Å². The monoisotopic (exact) mass is 246 g/mol. The fourth-order valence-corrected chi connectivity index (χ4v) is 2.77. The van der Waals surface area contributed by atoms with Gasteiger partial charge in [0.2, 0.25) is 0 Å². The van der Waals surface area contributed by atoms with Crippen molar-refractivity contribution in [3.8, 4) is 0 Å². The summed E-state index contributed by atoms with van der Waals surface area (Å²) in [7, 11) is 1.42. The highest BCUT2D eigenvalue weighted by atomic mass is 35.5. The Bertz CT molecular complexity index is 322. The highest BCUT2D eigenvalue weighted by Gasteiger charge is 2.24. The molecular formula is C11H15ClO2S. The topological polar surface area (TPSA) is 26.3 Å². The maximum absolute atomic E-state index is 11.6. The van der Waals surface area contributed by atoms with Gasteiger partial charge in [0.25, 0.3) is 0 Å². The molecule has 1 aromatic heterocycles. The van der Waals surface area contributed by atoms with Gasteiger partial charge < -0.3 is 4.74 Å². The molecule has 0 N–H and O–H groups in total. The molecule has 0 aromatic carbocycles. The Labute approximate surface area is 99.2 Å². The number of unbranched alkanes of at least 4 members (excludes halogenated alkanes) is 1. The standard InChI is InChI=1S/C11H15ClO2S/c1-3-4-5-8(11(13)14-2)10-9(12)6-7-15-10/h6-8H,3-5H2,1-2H3. The number of halogens is 1. The van der Waals surface area contributed by atoms with E-state index in [-0.39, 0.29) is 11.9 Å². The number of thiophene rings is 1. The van der Waals surface area contributed by atoms with Crippen LogP contribution in [0, 0.1) is 0 Å². The van der Waals surface area contributed by atoms with Crippen molar-refractivity contribution < 1.29 is 9.53 Å². The van der Waals surface area contributed by atoms with E-state index in [1.54, 1.807) is 0 Å². The van der Waals surface area contributed by atoms with Gasteiger partial charge >= 0.3 is 5.97 Å². The summed E-state index contributed by atoms with van der Waals surface area (Å²) in [6.45, 7) is 2.10. The Morgan fingerprint density at radius 2 is 2.40 bits per heavy atom. The van der Waals surface area contributed by atoms with Crippen LogP contribution in [0.5, 0.6) is 0 Å². The predicted octanol–water partition coefficient (Wildman–Crippen LogP) is 3.85. The van der Waals surface area contributed by atoms with E-state index in [9.17, 15) is 4.79 Å². The fraction of sp³-hybridized carbons (Fsp3) is 0.545. The molecule has 0 fully saturated rings. The normalized spacial score (nSPS) is 12.5. The van der Waals surface area contributed by atoms with E-state index < -0.39 is 0 Å². The SMILES string of the molecule is CCCCC(C(=O)OC)c1sccc1Cl. The first kappa shape index (κ1) is 12.5. The van der Waals surface area contributed by atoms with Crippen LogP contribution >= 0.6 is 22.9 Å². The third kappa shape index (κ3) is 3.21. The molecule has 2 nitrogen and oxygen atoms in total. The minimum Gasteiger partial charge on any atom is -0.469 e. The molecule has 15 heavy (non-hydrogen) atoms. The Hall–Kier alpha value is -0.540. The molecule has 1 rings (SSSR count). The molecule has 0 amide bonds. The molecule has 4 heteroatoms. The summed E-state index contributed by atoms with van der Waals surface area (Å²) in [5, 5.41) is 2.58. The molecule has 1 heterocycles. The van der Waals surface area contributed by atoms with E-state index in [4.69, 9.17) is 16.3 Å². The average Bonchev–Trinajstić information content (AvgIpc) is 2.65. The highest BCUT2D eigenvalue weighted by Crippen LogP contribution is 2.33. The maximum atomic E-state index is 11.6.